The molecule has 0 saturated carbocycles. The van der Waals surface area contributed by atoms with E-state index in [1.165, 1.54) is 5.69 Å². The molecule has 1 fully saturated rings. The van der Waals surface area contributed by atoms with E-state index in [0.29, 0.717) is 33.1 Å². The molecular weight excluding hydrogens is 427 g/mol. The fourth-order valence-electron chi connectivity index (χ4n) is 4.20. The van der Waals surface area contributed by atoms with Crippen molar-refractivity contribution in [3.05, 3.63) is 50.7 Å². The maximum Gasteiger partial charge on any atom is 0.147 e. The van der Waals surface area contributed by atoms with Gasteiger partial charge in [-0.15, -0.1) is 0 Å². The number of aryl methyl sites for hydroxylation is 2. The number of anilines is 1. The third-order valence-electron chi connectivity index (χ3n) is 5.61. The highest BCUT2D eigenvalue weighted by Gasteiger charge is 2.24. The van der Waals surface area contributed by atoms with Crippen molar-refractivity contribution in [2.24, 2.45) is 5.92 Å². The summed E-state index contributed by atoms with van der Waals surface area (Å²) in [4.78, 5) is 7.23. The molecule has 0 N–H and O–H groups in total. The molecule has 4 nitrogen and oxygen atoms in total. The minimum absolute atomic E-state index is 0.488. The number of hydrogen-bond acceptors (Lipinski definition) is 3. The molecule has 1 aromatic carbocycles. The molecule has 1 aliphatic heterocycles. The van der Waals surface area contributed by atoms with Gasteiger partial charge < -0.3 is 4.90 Å². The summed E-state index contributed by atoms with van der Waals surface area (Å²) in [6.07, 6.45) is 4.74. The summed E-state index contributed by atoms with van der Waals surface area (Å²) in [5.41, 5.74) is 4.76. The Labute approximate surface area is 185 Å². The van der Waals surface area contributed by atoms with Crippen LogP contribution in [0.3, 0.4) is 0 Å². The lowest BCUT2D eigenvalue weighted by molar-refractivity contribution is 0.413. The summed E-state index contributed by atoms with van der Waals surface area (Å²) >= 11 is 19.1. The average Bonchev–Trinajstić information content (AvgIpc) is 2.97. The molecule has 2 aromatic heterocycles. The summed E-state index contributed by atoms with van der Waals surface area (Å²) in [7, 11) is 0. The average molecular weight is 448 g/mol. The highest BCUT2D eigenvalue weighted by Crippen LogP contribution is 2.39. The molecule has 0 amide bonds. The fourth-order valence-corrected chi connectivity index (χ4v) is 5.20. The van der Waals surface area contributed by atoms with E-state index in [9.17, 15) is 0 Å². The second-order valence-corrected chi connectivity index (χ2v) is 8.93. The molecule has 0 unspecified atom stereocenters. The standard InChI is InChI=1S/C22H21Cl3N4/c1-13-12-29(21-17(24)10-16(23)11-18(21)25)22-20(13)19(9-14(2)27-22)28-7-4-15(3-6-26)5-8-28/h9-12,15H,3-5,7-8H2,1-2H3. The minimum Gasteiger partial charge on any atom is -0.371 e. The zero-order valence-corrected chi connectivity index (χ0v) is 18.6. The number of rotatable bonds is 3. The Kier molecular flexibility index (Phi) is 5.66. The van der Waals surface area contributed by atoms with Crippen molar-refractivity contribution in [3.63, 3.8) is 0 Å². The number of pyridine rings is 1. The molecule has 7 heteroatoms. The third-order valence-corrected chi connectivity index (χ3v) is 6.41. The normalized spacial score (nSPS) is 15.1. The summed E-state index contributed by atoms with van der Waals surface area (Å²) in [5.74, 6) is 0.493. The van der Waals surface area contributed by atoms with Crippen molar-refractivity contribution >= 4 is 51.5 Å². The smallest absolute Gasteiger partial charge is 0.147 e. The van der Waals surface area contributed by atoms with Crippen LogP contribution < -0.4 is 4.90 Å². The quantitative estimate of drug-likeness (QED) is 0.447. The summed E-state index contributed by atoms with van der Waals surface area (Å²) < 4.78 is 1.96. The molecule has 1 aliphatic rings. The van der Waals surface area contributed by atoms with Gasteiger partial charge in [0.1, 0.15) is 5.65 Å². The second kappa shape index (κ2) is 8.07. The topological polar surface area (TPSA) is 44.9 Å². The number of hydrogen-bond donors (Lipinski definition) is 0. The molecule has 1 saturated heterocycles. The zero-order chi connectivity index (χ0) is 20.7. The first-order valence-electron chi connectivity index (χ1n) is 9.65. The molecule has 0 bridgehead atoms. The number of fused-ring (bicyclic) bond motifs is 1. The van der Waals surface area contributed by atoms with E-state index in [1.54, 1.807) is 12.1 Å². The Morgan fingerprint density at radius 1 is 1.10 bits per heavy atom. The minimum atomic E-state index is 0.488. The van der Waals surface area contributed by atoms with Crippen molar-refractivity contribution in [1.82, 2.24) is 9.55 Å². The molecular formula is C22H21Cl3N4. The Morgan fingerprint density at radius 2 is 1.76 bits per heavy atom. The van der Waals surface area contributed by atoms with E-state index in [4.69, 9.17) is 45.0 Å². The molecule has 4 rings (SSSR count). The molecule has 3 heterocycles. The first-order chi connectivity index (χ1) is 13.9. The van der Waals surface area contributed by atoms with Gasteiger partial charge >= 0.3 is 0 Å². The number of nitriles is 1. The highest BCUT2D eigenvalue weighted by atomic mass is 35.5. The van der Waals surface area contributed by atoms with Crippen LogP contribution in [0.25, 0.3) is 16.7 Å². The Morgan fingerprint density at radius 3 is 2.38 bits per heavy atom. The lowest BCUT2D eigenvalue weighted by Crippen LogP contribution is -2.33. The number of halogens is 3. The van der Waals surface area contributed by atoms with E-state index >= 15 is 0 Å². The highest BCUT2D eigenvalue weighted by molar-refractivity contribution is 6.40. The lowest BCUT2D eigenvalue weighted by Gasteiger charge is -2.33. The van der Waals surface area contributed by atoms with Crippen molar-refractivity contribution in [2.75, 3.05) is 18.0 Å². The van der Waals surface area contributed by atoms with E-state index in [2.05, 4.69) is 24.0 Å². The Bertz CT molecular complexity index is 1100. The van der Waals surface area contributed by atoms with Gasteiger partial charge in [-0.2, -0.15) is 5.26 Å². The third kappa shape index (κ3) is 3.80. The molecule has 0 radical (unpaired) electrons. The zero-order valence-electron chi connectivity index (χ0n) is 16.3. The van der Waals surface area contributed by atoms with E-state index in [0.717, 1.165) is 48.2 Å². The molecule has 0 atom stereocenters. The van der Waals surface area contributed by atoms with Gasteiger partial charge in [0, 0.05) is 47.5 Å². The maximum atomic E-state index is 8.98. The number of benzene rings is 1. The molecule has 150 valence electrons. The molecule has 0 aliphatic carbocycles. The number of piperidine rings is 1. The van der Waals surface area contributed by atoms with Crippen LogP contribution in [-0.2, 0) is 0 Å². The fraction of sp³-hybridized carbons (Fsp3) is 0.364. The van der Waals surface area contributed by atoms with Crippen LogP contribution in [0, 0.1) is 31.1 Å². The Balaban J connectivity index is 1.83. The second-order valence-electron chi connectivity index (χ2n) is 7.67. The van der Waals surface area contributed by atoms with Gasteiger partial charge in [-0.05, 0) is 56.4 Å². The summed E-state index contributed by atoms with van der Waals surface area (Å²) in [6, 6.07) is 7.85. The van der Waals surface area contributed by atoms with Crippen molar-refractivity contribution in [3.8, 4) is 11.8 Å². The van der Waals surface area contributed by atoms with Gasteiger partial charge in [0.25, 0.3) is 0 Å². The molecule has 0 spiro atoms. The molecule has 29 heavy (non-hydrogen) atoms. The number of nitrogens with zero attached hydrogens (tertiary/aromatic N) is 4. The van der Waals surface area contributed by atoms with Crippen LogP contribution >= 0.6 is 34.8 Å². The largest absolute Gasteiger partial charge is 0.371 e. The van der Waals surface area contributed by atoms with Gasteiger partial charge in [0.15, 0.2) is 0 Å². The lowest BCUT2D eigenvalue weighted by atomic mass is 9.93. The first-order valence-corrected chi connectivity index (χ1v) is 10.8. The van der Waals surface area contributed by atoms with Gasteiger partial charge in [-0.3, -0.25) is 4.57 Å². The predicted molar refractivity (Wildman–Crippen MR) is 121 cm³/mol. The number of aromatic nitrogens is 2. The first kappa shape index (κ1) is 20.3. The van der Waals surface area contributed by atoms with Gasteiger partial charge in [-0.25, -0.2) is 4.98 Å². The van der Waals surface area contributed by atoms with E-state index in [1.807, 2.05) is 17.7 Å². The maximum absolute atomic E-state index is 8.98. The summed E-state index contributed by atoms with van der Waals surface area (Å²) in [5, 5.41) is 11.6. The van der Waals surface area contributed by atoms with Crippen LogP contribution in [0.15, 0.2) is 24.4 Å². The van der Waals surface area contributed by atoms with Crippen LogP contribution in [0.4, 0.5) is 5.69 Å². The van der Waals surface area contributed by atoms with Crippen LogP contribution in [-0.4, -0.2) is 22.6 Å². The monoisotopic (exact) mass is 446 g/mol. The van der Waals surface area contributed by atoms with Crippen LogP contribution in [0.1, 0.15) is 30.5 Å². The van der Waals surface area contributed by atoms with Gasteiger partial charge in [0.2, 0.25) is 0 Å². The van der Waals surface area contributed by atoms with Crippen molar-refractivity contribution < 1.29 is 0 Å². The summed E-state index contributed by atoms with van der Waals surface area (Å²) in [6.45, 7) is 5.97. The van der Waals surface area contributed by atoms with Crippen LogP contribution in [0.5, 0.6) is 0 Å². The van der Waals surface area contributed by atoms with Crippen LogP contribution in [0.2, 0.25) is 15.1 Å². The predicted octanol–water partition coefficient (Wildman–Crippen LogP) is 6.73. The van der Waals surface area contributed by atoms with Crippen molar-refractivity contribution in [1.29, 1.82) is 5.26 Å². The van der Waals surface area contributed by atoms with E-state index in [-0.39, 0.29) is 0 Å². The van der Waals surface area contributed by atoms with Crippen molar-refractivity contribution in [2.45, 2.75) is 33.1 Å². The Hall–Kier alpha value is -1.93. The van der Waals surface area contributed by atoms with Gasteiger partial charge in [-0.1, -0.05) is 34.8 Å². The SMILES string of the molecule is Cc1cc(N2CCC(CC#N)CC2)c2c(C)cn(-c3c(Cl)cc(Cl)cc3Cl)c2n1. The molecule has 3 aromatic rings. The van der Waals surface area contributed by atoms with E-state index < -0.39 is 0 Å². The van der Waals surface area contributed by atoms with Gasteiger partial charge in [0.05, 0.1) is 21.8 Å².